The van der Waals surface area contributed by atoms with Gasteiger partial charge in [-0.05, 0) is 26.3 Å². The maximum atomic E-state index is 3.46. The molecule has 2 nitrogen and oxygen atoms in total. The summed E-state index contributed by atoms with van der Waals surface area (Å²) in [7, 11) is 0. The van der Waals surface area contributed by atoms with Crippen LogP contribution in [-0.4, -0.2) is 36.6 Å². The van der Waals surface area contributed by atoms with Crippen LogP contribution in [0.3, 0.4) is 0 Å². The van der Waals surface area contributed by atoms with E-state index in [1.807, 2.05) is 0 Å². The van der Waals surface area contributed by atoms with Crippen LogP contribution < -0.4 is 5.32 Å². The Kier molecular flexibility index (Phi) is 4.85. The van der Waals surface area contributed by atoms with E-state index in [2.05, 4.69) is 17.1 Å². The largest absolute Gasteiger partial charge is 0.314 e. The Morgan fingerprint density at radius 1 is 1.25 bits per heavy atom. The van der Waals surface area contributed by atoms with Gasteiger partial charge in [0.05, 0.1) is 0 Å². The van der Waals surface area contributed by atoms with Crippen molar-refractivity contribution >= 4 is 24.8 Å². The van der Waals surface area contributed by atoms with E-state index in [-0.39, 0.29) is 24.8 Å². The summed E-state index contributed by atoms with van der Waals surface area (Å²) in [6, 6.07) is 0. The highest BCUT2D eigenvalue weighted by molar-refractivity contribution is 5.85. The number of halogens is 2. The monoisotopic (exact) mass is 212 g/mol. The summed E-state index contributed by atoms with van der Waals surface area (Å²) in [5.41, 5.74) is 0.512. The smallest absolute Gasteiger partial charge is 0.0306 e. The van der Waals surface area contributed by atoms with Crippen molar-refractivity contribution in [1.82, 2.24) is 10.2 Å². The van der Waals surface area contributed by atoms with Crippen LogP contribution in [0.5, 0.6) is 0 Å². The van der Waals surface area contributed by atoms with Crippen LogP contribution in [0.1, 0.15) is 19.8 Å². The van der Waals surface area contributed by atoms with E-state index >= 15 is 0 Å². The average molecular weight is 213 g/mol. The molecule has 0 aliphatic carbocycles. The van der Waals surface area contributed by atoms with Gasteiger partial charge in [-0.25, -0.2) is 0 Å². The number of hydrogen-bond donors (Lipinski definition) is 1. The van der Waals surface area contributed by atoms with E-state index in [0.29, 0.717) is 5.54 Å². The second kappa shape index (κ2) is 4.66. The Labute approximate surface area is 86.9 Å². The lowest BCUT2D eigenvalue weighted by Crippen LogP contribution is -2.55. The molecular formula is C8H18Cl2N2. The summed E-state index contributed by atoms with van der Waals surface area (Å²) >= 11 is 0. The van der Waals surface area contributed by atoms with Crippen molar-refractivity contribution in [3.63, 3.8) is 0 Å². The summed E-state index contributed by atoms with van der Waals surface area (Å²) in [6.45, 7) is 7.36. The molecule has 2 heterocycles. The van der Waals surface area contributed by atoms with E-state index < -0.39 is 0 Å². The second-order valence-electron chi connectivity index (χ2n) is 3.76. The average Bonchev–Trinajstić information content (AvgIpc) is 2.29. The molecule has 0 saturated carbocycles. The maximum Gasteiger partial charge on any atom is 0.0306 e. The van der Waals surface area contributed by atoms with Gasteiger partial charge in [0.1, 0.15) is 0 Å². The van der Waals surface area contributed by atoms with E-state index in [1.165, 1.54) is 39.0 Å². The molecule has 4 heteroatoms. The zero-order chi connectivity index (χ0) is 7.03. The van der Waals surface area contributed by atoms with E-state index in [9.17, 15) is 0 Å². The first-order chi connectivity index (χ1) is 4.81. The van der Waals surface area contributed by atoms with E-state index in [0.717, 1.165) is 0 Å². The molecule has 0 bridgehead atoms. The van der Waals surface area contributed by atoms with Gasteiger partial charge in [0.2, 0.25) is 0 Å². The third-order valence-electron chi connectivity index (χ3n) is 2.97. The van der Waals surface area contributed by atoms with Gasteiger partial charge in [-0.15, -0.1) is 24.8 Å². The third-order valence-corrected chi connectivity index (χ3v) is 2.97. The van der Waals surface area contributed by atoms with Crippen LogP contribution in [0.4, 0.5) is 0 Å². The number of nitrogens with one attached hydrogen (secondary N) is 1. The van der Waals surface area contributed by atoms with Crippen molar-refractivity contribution in [1.29, 1.82) is 0 Å². The van der Waals surface area contributed by atoms with Gasteiger partial charge in [0.15, 0.2) is 0 Å². The summed E-state index contributed by atoms with van der Waals surface area (Å²) in [4.78, 5) is 2.63. The molecule has 1 atom stereocenters. The van der Waals surface area contributed by atoms with Crippen LogP contribution in [0.25, 0.3) is 0 Å². The fourth-order valence-electron chi connectivity index (χ4n) is 2.23. The van der Waals surface area contributed by atoms with Gasteiger partial charge in [-0.2, -0.15) is 0 Å². The minimum Gasteiger partial charge on any atom is -0.314 e. The lowest BCUT2D eigenvalue weighted by molar-refractivity contribution is 0.122. The van der Waals surface area contributed by atoms with Crippen LogP contribution in [0, 0.1) is 0 Å². The highest BCUT2D eigenvalue weighted by atomic mass is 35.5. The Morgan fingerprint density at radius 2 is 2.00 bits per heavy atom. The standard InChI is InChI=1S/C8H16N2.2ClH/c1-8-3-2-5-10(8)6-4-9-7-8;;/h9H,2-7H2,1H3;2*1H. The van der Waals surface area contributed by atoms with Crippen molar-refractivity contribution in [2.24, 2.45) is 0 Å². The molecule has 0 aromatic rings. The van der Waals surface area contributed by atoms with Gasteiger partial charge in [-0.3, -0.25) is 4.90 Å². The Hall–Kier alpha value is 0.500. The molecular weight excluding hydrogens is 195 g/mol. The van der Waals surface area contributed by atoms with Gasteiger partial charge >= 0.3 is 0 Å². The molecule has 0 radical (unpaired) electrons. The molecule has 1 unspecified atom stereocenters. The maximum absolute atomic E-state index is 3.46. The van der Waals surface area contributed by atoms with Crippen molar-refractivity contribution in [2.75, 3.05) is 26.2 Å². The molecule has 0 amide bonds. The molecule has 0 aromatic heterocycles. The molecule has 0 spiro atoms. The van der Waals surface area contributed by atoms with Gasteiger partial charge < -0.3 is 5.32 Å². The van der Waals surface area contributed by atoms with E-state index in [4.69, 9.17) is 0 Å². The number of rotatable bonds is 0. The van der Waals surface area contributed by atoms with Crippen molar-refractivity contribution in [3.8, 4) is 0 Å². The number of piperazine rings is 1. The molecule has 12 heavy (non-hydrogen) atoms. The van der Waals surface area contributed by atoms with Crippen LogP contribution in [0.2, 0.25) is 0 Å². The quantitative estimate of drug-likeness (QED) is 0.652. The summed E-state index contributed by atoms with van der Waals surface area (Å²) in [5, 5.41) is 3.46. The first-order valence-electron chi connectivity index (χ1n) is 4.27. The molecule has 0 aromatic carbocycles. The van der Waals surface area contributed by atoms with Crippen LogP contribution >= 0.6 is 24.8 Å². The number of nitrogens with zero attached hydrogens (tertiary/aromatic N) is 1. The normalized spacial score (nSPS) is 34.8. The molecule has 74 valence electrons. The van der Waals surface area contributed by atoms with E-state index in [1.54, 1.807) is 0 Å². The minimum absolute atomic E-state index is 0. The Bertz CT molecular complexity index is 143. The molecule has 2 rings (SSSR count). The summed E-state index contributed by atoms with van der Waals surface area (Å²) in [6.07, 6.45) is 2.79. The zero-order valence-corrected chi connectivity index (χ0v) is 9.14. The highest BCUT2D eigenvalue weighted by Gasteiger charge is 2.37. The van der Waals surface area contributed by atoms with Gasteiger partial charge in [-0.1, -0.05) is 0 Å². The Morgan fingerprint density at radius 3 is 2.67 bits per heavy atom. The lowest BCUT2D eigenvalue weighted by atomic mass is 9.97. The molecule has 2 aliphatic rings. The fraction of sp³-hybridized carbons (Fsp3) is 1.00. The minimum atomic E-state index is 0. The Balaban J connectivity index is 0.000000605. The number of hydrogen-bond acceptors (Lipinski definition) is 2. The van der Waals surface area contributed by atoms with Crippen molar-refractivity contribution in [3.05, 3.63) is 0 Å². The molecule has 2 fully saturated rings. The van der Waals surface area contributed by atoms with Gasteiger partial charge in [0.25, 0.3) is 0 Å². The molecule has 2 saturated heterocycles. The topological polar surface area (TPSA) is 15.3 Å². The first-order valence-corrected chi connectivity index (χ1v) is 4.27. The summed E-state index contributed by atoms with van der Waals surface area (Å²) < 4.78 is 0. The third kappa shape index (κ3) is 2.05. The van der Waals surface area contributed by atoms with Crippen LogP contribution in [-0.2, 0) is 0 Å². The summed E-state index contributed by atoms with van der Waals surface area (Å²) in [5.74, 6) is 0. The number of fused-ring (bicyclic) bond motifs is 1. The SMILES string of the molecule is CC12CCCN1CCNC2.Cl.Cl. The second-order valence-corrected chi connectivity index (χ2v) is 3.76. The first kappa shape index (κ1) is 12.5. The lowest BCUT2D eigenvalue weighted by Gasteiger charge is -2.39. The van der Waals surface area contributed by atoms with Crippen molar-refractivity contribution < 1.29 is 0 Å². The fourth-order valence-corrected chi connectivity index (χ4v) is 2.23. The molecule has 2 aliphatic heterocycles. The van der Waals surface area contributed by atoms with Crippen LogP contribution in [0.15, 0.2) is 0 Å². The predicted molar refractivity (Wildman–Crippen MR) is 56.6 cm³/mol. The predicted octanol–water partition coefficient (Wildman–Crippen LogP) is 1.29. The molecule has 1 N–H and O–H groups in total. The van der Waals surface area contributed by atoms with Crippen molar-refractivity contribution in [2.45, 2.75) is 25.3 Å². The zero-order valence-electron chi connectivity index (χ0n) is 7.51. The van der Waals surface area contributed by atoms with Gasteiger partial charge in [0, 0.05) is 25.2 Å². The highest BCUT2D eigenvalue weighted by Crippen LogP contribution is 2.29.